The predicted octanol–water partition coefficient (Wildman–Crippen LogP) is 1.49. The summed E-state index contributed by atoms with van der Waals surface area (Å²) in [6.07, 6.45) is 7.33. The van der Waals surface area contributed by atoms with Crippen LogP contribution < -0.4 is 26.2 Å². The summed E-state index contributed by atoms with van der Waals surface area (Å²) >= 11 is 0. The fraction of sp³-hybridized carbons (Fsp3) is 0.522. The normalized spacial score (nSPS) is 23.8. The van der Waals surface area contributed by atoms with Crippen LogP contribution >= 0.6 is 0 Å². The standard InChI is InChI=1S/C23H29FN12O/c24-14-8-17(20(37)28-19-10-26-5-6-27-19)36(11-14)23-31-21(29-18-9-16(33-34-18)13-3-4-13)30-22(32-23)35-7-1-2-15(25)12-35/h5-6,9-10,13-15,17H,1-4,7-8,11-12,25H2,(H,27,28,37)(H2,29,30,31,32,33,34)/t14-,15+,17+/m1/s1. The lowest BCUT2D eigenvalue weighted by Crippen LogP contribution is -2.44. The molecule has 13 nitrogen and oxygen atoms in total. The number of carbonyl (C=O) groups is 1. The van der Waals surface area contributed by atoms with E-state index in [2.05, 4.69) is 45.8 Å². The molecular weight excluding hydrogens is 479 g/mol. The molecule has 1 amide bonds. The van der Waals surface area contributed by atoms with E-state index in [1.54, 1.807) is 4.90 Å². The van der Waals surface area contributed by atoms with Crippen molar-refractivity contribution in [3.63, 3.8) is 0 Å². The topological polar surface area (TPSA) is 167 Å². The number of alkyl halides is 1. The van der Waals surface area contributed by atoms with Crippen molar-refractivity contribution in [2.24, 2.45) is 5.73 Å². The number of aromatic nitrogens is 7. The Kier molecular flexibility index (Phi) is 6.24. The smallest absolute Gasteiger partial charge is 0.248 e. The number of rotatable bonds is 7. The summed E-state index contributed by atoms with van der Waals surface area (Å²) in [4.78, 5) is 38.6. The van der Waals surface area contributed by atoms with Gasteiger partial charge in [-0.2, -0.15) is 20.1 Å². The van der Waals surface area contributed by atoms with Gasteiger partial charge in [0.2, 0.25) is 23.8 Å². The van der Waals surface area contributed by atoms with Gasteiger partial charge < -0.3 is 26.2 Å². The molecular formula is C23H29FN12O. The summed E-state index contributed by atoms with van der Waals surface area (Å²) in [6, 6.07) is 1.13. The SMILES string of the molecule is N[C@H]1CCCN(c2nc(Nc3cc(C4CC4)n[nH]3)nc(N3C[C@H](F)C[C@H]3C(=O)Nc3cnccn3)n2)C1. The van der Waals surface area contributed by atoms with Gasteiger partial charge >= 0.3 is 0 Å². The Labute approximate surface area is 212 Å². The molecule has 5 N–H and O–H groups in total. The Morgan fingerprint density at radius 2 is 2.00 bits per heavy atom. The van der Waals surface area contributed by atoms with Crippen molar-refractivity contribution in [2.75, 3.05) is 40.1 Å². The van der Waals surface area contributed by atoms with Gasteiger partial charge in [-0.25, -0.2) is 9.37 Å². The van der Waals surface area contributed by atoms with Gasteiger partial charge in [-0.1, -0.05) is 0 Å². The summed E-state index contributed by atoms with van der Waals surface area (Å²) in [7, 11) is 0. The number of nitrogens with two attached hydrogens (primary N) is 1. The Morgan fingerprint density at radius 1 is 1.14 bits per heavy atom. The number of carbonyl (C=O) groups excluding carboxylic acids is 1. The van der Waals surface area contributed by atoms with Gasteiger partial charge in [0, 0.05) is 49.9 Å². The molecule has 3 aromatic rings. The first kappa shape index (κ1) is 23.5. The summed E-state index contributed by atoms with van der Waals surface area (Å²) < 4.78 is 14.7. The van der Waals surface area contributed by atoms with Gasteiger partial charge in [0.15, 0.2) is 5.82 Å². The molecule has 5 heterocycles. The summed E-state index contributed by atoms with van der Waals surface area (Å²) in [5.41, 5.74) is 7.21. The number of aromatic amines is 1. The third-order valence-electron chi connectivity index (χ3n) is 6.82. The highest BCUT2D eigenvalue weighted by Crippen LogP contribution is 2.39. The number of nitrogens with one attached hydrogen (secondary N) is 3. The monoisotopic (exact) mass is 508 g/mol. The van der Waals surface area contributed by atoms with Crippen molar-refractivity contribution in [3.8, 4) is 0 Å². The number of halogens is 1. The van der Waals surface area contributed by atoms with E-state index in [-0.39, 0.29) is 30.9 Å². The largest absolute Gasteiger partial charge is 0.339 e. The van der Waals surface area contributed by atoms with Crippen molar-refractivity contribution in [1.82, 2.24) is 35.1 Å². The van der Waals surface area contributed by atoms with Crippen molar-refractivity contribution < 1.29 is 9.18 Å². The molecule has 2 saturated heterocycles. The van der Waals surface area contributed by atoms with E-state index >= 15 is 0 Å². The zero-order valence-electron chi connectivity index (χ0n) is 20.2. The number of nitrogens with zero attached hydrogens (tertiary/aromatic N) is 8. The Bertz CT molecular complexity index is 1250. The predicted molar refractivity (Wildman–Crippen MR) is 134 cm³/mol. The molecule has 0 aromatic carbocycles. The molecule has 3 aliphatic rings. The Hall–Kier alpha value is -3.94. The average Bonchev–Trinajstić information content (AvgIpc) is 3.52. The number of anilines is 5. The lowest BCUT2D eigenvalue weighted by molar-refractivity contribution is -0.117. The number of hydrogen-bond donors (Lipinski definition) is 4. The van der Waals surface area contributed by atoms with Gasteiger partial charge in [-0.15, -0.1) is 0 Å². The first-order valence-corrected chi connectivity index (χ1v) is 12.6. The first-order chi connectivity index (χ1) is 18.0. The minimum absolute atomic E-state index is 0.00611. The minimum Gasteiger partial charge on any atom is -0.339 e. The second-order valence-corrected chi connectivity index (χ2v) is 9.79. The zero-order chi connectivity index (χ0) is 25.4. The first-order valence-electron chi connectivity index (χ1n) is 12.6. The van der Waals surface area contributed by atoms with Crippen LogP contribution in [0.3, 0.4) is 0 Å². The lowest BCUT2D eigenvalue weighted by Gasteiger charge is -2.31. The van der Waals surface area contributed by atoms with Crippen LogP contribution in [-0.4, -0.2) is 78.9 Å². The fourth-order valence-electron chi connectivity index (χ4n) is 4.81. The minimum atomic E-state index is -1.22. The molecule has 1 aliphatic carbocycles. The molecule has 0 bridgehead atoms. The summed E-state index contributed by atoms with van der Waals surface area (Å²) in [5, 5.41) is 13.3. The maximum Gasteiger partial charge on any atom is 0.248 e. The Morgan fingerprint density at radius 3 is 2.78 bits per heavy atom. The van der Waals surface area contributed by atoms with Crippen molar-refractivity contribution >= 4 is 35.4 Å². The van der Waals surface area contributed by atoms with Crippen LogP contribution in [0.2, 0.25) is 0 Å². The fourth-order valence-corrected chi connectivity index (χ4v) is 4.81. The molecule has 3 aromatic heterocycles. The summed E-state index contributed by atoms with van der Waals surface area (Å²) in [6.45, 7) is 1.33. The van der Waals surface area contributed by atoms with Gasteiger partial charge in [0.1, 0.15) is 18.0 Å². The molecule has 2 aliphatic heterocycles. The van der Waals surface area contributed by atoms with E-state index in [9.17, 15) is 9.18 Å². The number of H-pyrrole nitrogens is 1. The van der Waals surface area contributed by atoms with Crippen LogP contribution in [0.5, 0.6) is 0 Å². The van der Waals surface area contributed by atoms with E-state index in [1.807, 2.05) is 11.0 Å². The van der Waals surface area contributed by atoms with Crippen LogP contribution in [0.15, 0.2) is 24.7 Å². The number of amides is 1. The van der Waals surface area contributed by atoms with Crippen LogP contribution in [0.1, 0.15) is 43.7 Å². The Balaban J connectivity index is 1.30. The van der Waals surface area contributed by atoms with Crippen molar-refractivity contribution in [3.05, 3.63) is 30.4 Å². The lowest BCUT2D eigenvalue weighted by atomic mass is 10.1. The highest BCUT2D eigenvalue weighted by Gasteiger charge is 2.39. The third-order valence-corrected chi connectivity index (χ3v) is 6.82. The third kappa shape index (κ3) is 5.28. The van der Waals surface area contributed by atoms with E-state index in [0.717, 1.165) is 37.9 Å². The number of piperidine rings is 1. The van der Waals surface area contributed by atoms with Crippen LogP contribution in [0.4, 0.5) is 33.9 Å². The van der Waals surface area contributed by atoms with Crippen molar-refractivity contribution in [1.29, 1.82) is 0 Å². The van der Waals surface area contributed by atoms with Gasteiger partial charge in [0.05, 0.1) is 18.4 Å². The van der Waals surface area contributed by atoms with Crippen LogP contribution in [0, 0.1) is 0 Å². The molecule has 3 atom stereocenters. The molecule has 6 rings (SSSR count). The van der Waals surface area contributed by atoms with Crippen LogP contribution in [-0.2, 0) is 4.79 Å². The molecule has 0 spiro atoms. The zero-order valence-corrected chi connectivity index (χ0v) is 20.2. The van der Waals surface area contributed by atoms with Gasteiger partial charge in [-0.05, 0) is 25.7 Å². The van der Waals surface area contributed by atoms with E-state index < -0.39 is 18.1 Å². The average molecular weight is 509 g/mol. The van der Waals surface area contributed by atoms with E-state index in [1.165, 1.54) is 18.6 Å². The van der Waals surface area contributed by atoms with Crippen molar-refractivity contribution in [2.45, 2.75) is 56.3 Å². The molecule has 3 fully saturated rings. The second kappa shape index (κ2) is 9.84. The highest BCUT2D eigenvalue weighted by atomic mass is 19.1. The van der Waals surface area contributed by atoms with E-state index in [4.69, 9.17) is 5.73 Å². The summed E-state index contributed by atoms with van der Waals surface area (Å²) in [5.74, 6) is 1.96. The van der Waals surface area contributed by atoms with Crippen LogP contribution in [0.25, 0.3) is 0 Å². The molecule has 14 heteroatoms. The van der Waals surface area contributed by atoms with Gasteiger partial charge in [-0.3, -0.25) is 14.9 Å². The molecule has 194 valence electrons. The van der Waals surface area contributed by atoms with Gasteiger partial charge in [0.25, 0.3) is 0 Å². The quantitative estimate of drug-likeness (QED) is 0.365. The molecule has 0 radical (unpaired) electrons. The molecule has 37 heavy (non-hydrogen) atoms. The maximum atomic E-state index is 14.7. The maximum absolute atomic E-state index is 14.7. The molecule has 1 saturated carbocycles. The number of hydrogen-bond acceptors (Lipinski definition) is 11. The molecule has 0 unspecified atom stereocenters. The second-order valence-electron chi connectivity index (χ2n) is 9.79. The van der Waals surface area contributed by atoms with E-state index in [0.29, 0.717) is 30.0 Å². The highest BCUT2D eigenvalue weighted by molar-refractivity contribution is 5.96.